The summed E-state index contributed by atoms with van der Waals surface area (Å²) in [5, 5.41) is 3.50. The predicted molar refractivity (Wildman–Crippen MR) is 98.2 cm³/mol. The number of hydrogen-bond acceptors (Lipinski definition) is 4. The number of aromatic nitrogens is 1. The molecule has 0 spiro atoms. The number of benzene rings is 1. The van der Waals surface area contributed by atoms with Crippen LogP contribution in [0.4, 0.5) is 5.82 Å². The number of ketones is 1. The van der Waals surface area contributed by atoms with Gasteiger partial charge in [0, 0.05) is 17.2 Å². The molecule has 0 saturated carbocycles. The highest BCUT2D eigenvalue weighted by molar-refractivity contribution is 7.10. The monoisotopic (exact) mass is 338 g/mol. The second-order valence-electron chi connectivity index (χ2n) is 6.97. The maximum atomic E-state index is 13.3. The number of carbonyl (C=O) groups excluding carboxylic acids is 1. The van der Waals surface area contributed by atoms with Gasteiger partial charge in [-0.25, -0.2) is 4.98 Å². The van der Waals surface area contributed by atoms with Crippen LogP contribution in [0, 0.1) is 11.8 Å². The zero-order chi connectivity index (χ0) is 16.9. The van der Waals surface area contributed by atoms with Crippen LogP contribution in [0.1, 0.15) is 44.1 Å². The number of hydrogen-bond donors (Lipinski definition) is 1. The first-order valence-corrected chi connectivity index (χ1v) is 9.53. The summed E-state index contributed by atoms with van der Waals surface area (Å²) in [7, 11) is 0. The lowest BCUT2D eigenvalue weighted by molar-refractivity contribution is -0.120. The van der Waals surface area contributed by atoms with E-state index in [1.54, 1.807) is 11.3 Å². The van der Waals surface area contributed by atoms with E-state index in [1.807, 2.05) is 11.6 Å². The maximum absolute atomic E-state index is 13.3. The Bertz CT molecular complexity index is 823. The van der Waals surface area contributed by atoms with Crippen LogP contribution in [0.15, 0.2) is 47.1 Å². The van der Waals surface area contributed by atoms with Gasteiger partial charge in [-0.2, -0.15) is 0 Å². The minimum Gasteiger partial charge on any atom is -0.342 e. The summed E-state index contributed by atoms with van der Waals surface area (Å²) >= 11 is 1.65. The molecule has 0 amide bonds. The van der Waals surface area contributed by atoms with E-state index in [9.17, 15) is 4.79 Å². The van der Waals surface area contributed by atoms with Gasteiger partial charge in [0.2, 0.25) is 0 Å². The van der Waals surface area contributed by atoms with E-state index >= 15 is 0 Å². The molecule has 4 rings (SSSR count). The van der Waals surface area contributed by atoms with Crippen LogP contribution in [0.3, 0.4) is 0 Å². The van der Waals surface area contributed by atoms with Crippen LogP contribution >= 0.6 is 11.3 Å². The molecular formula is C20H22N2OS. The predicted octanol–water partition coefficient (Wildman–Crippen LogP) is 4.76. The fourth-order valence-electron chi connectivity index (χ4n) is 4.43. The standard InChI is InChI=1S/C20H22N2OS/c1-4-20(14-8-6-5-7-9-14)15-16(12(2)10-13(3)17(15)23)22-19-18(20)24-11-21-19/h5-9,11-13,22H,4,10H2,1-3H3/t12-,13-,20+/m1/s1. The third kappa shape index (κ3) is 1.95. The summed E-state index contributed by atoms with van der Waals surface area (Å²) in [5.41, 5.74) is 4.77. The van der Waals surface area contributed by atoms with Crippen molar-refractivity contribution >= 4 is 22.9 Å². The van der Waals surface area contributed by atoms with Crippen molar-refractivity contribution < 1.29 is 4.79 Å². The van der Waals surface area contributed by atoms with Gasteiger partial charge in [-0.1, -0.05) is 51.1 Å². The van der Waals surface area contributed by atoms with Gasteiger partial charge in [-0.15, -0.1) is 11.3 Å². The number of nitrogens with one attached hydrogen (secondary N) is 1. The van der Waals surface area contributed by atoms with E-state index in [2.05, 4.69) is 55.3 Å². The molecule has 2 heterocycles. The van der Waals surface area contributed by atoms with Gasteiger partial charge in [0.15, 0.2) is 5.78 Å². The summed E-state index contributed by atoms with van der Waals surface area (Å²) < 4.78 is 0. The number of thiazole rings is 1. The Kier molecular flexibility index (Phi) is 3.61. The molecule has 0 unspecified atom stereocenters. The van der Waals surface area contributed by atoms with Crippen molar-refractivity contribution in [3.8, 4) is 0 Å². The van der Waals surface area contributed by atoms with E-state index < -0.39 is 0 Å². The molecule has 2 aromatic rings. The topological polar surface area (TPSA) is 42.0 Å². The van der Waals surface area contributed by atoms with Gasteiger partial charge >= 0.3 is 0 Å². The Morgan fingerprint density at radius 3 is 2.71 bits per heavy atom. The summed E-state index contributed by atoms with van der Waals surface area (Å²) in [4.78, 5) is 19.0. The molecule has 0 saturated heterocycles. The number of fused-ring (bicyclic) bond motifs is 1. The van der Waals surface area contributed by atoms with Gasteiger partial charge in [0.25, 0.3) is 0 Å². The third-order valence-corrected chi connectivity index (χ3v) is 6.58. The molecule has 2 aliphatic rings. The van der Waals surface area contributed by atoms with E-state index in [4.69, 9.17) is 0 Å². The van der Waals surface area contributed by atoms with Crippen LogP contribution in [-0.4, -0.2) is 10.8 Å². The molecule has 1 aromatic carbocycles. The zero-order valence-corrected chi connectivity index (χ0v) is 15.1. The Morgan fingerprint density at radius 1 is 1.25 bits per heavy atom. The smallest absolute Gasteiger partial charge is 0.164 e. The highest BCUT2D eigenvalue weighted by atomic mass is 32.1. The quantitative estimate of drug-likeness (QED) is 0.858. The molecule has 1 aromatic heterocycles. The summed E-state index contributed by atoms with van der Waals surface area (Å²) in [5.74, 6) is 1.64. The first kappa shape index (κ1) is 15.6. The van der Waals surface area contributed by atoms with Crippen molar-refractivity contribution in [3.05, 3.63) is 57.6 Å². The summed E-state index contributed by atoms with van der Waals surface area (Å²) in [6.45, 7) is 6.47. The fraction of sp³-hybridized carbons (Fsp3) is 0.400. The van der Waals surface area contributed by atoms with E-state index in [-0.39, 0.29) is 11.3 Å². The molecule has 0 bridgehead atoms. The molecule has 0 fully saturated rings. The number of nitrogens with zero attached hydrogens (tertiary/aromatic N) is 1. The van der Waals surface area contributed by atoms with Crippen molar-refractivity contribution in [1.82, 2.24) is 4.98 Å². The molecule has 3 atom stereocenters. The van der Waals surface area contributed by atoms with Gasteiger partial charge in [0.1, 0.15) is 5.82 Å². The number of Topliss-reactive ketones (excluding diaryl/α,β-unsaturated/α-hetero) is 1. The molecule has 1 aliphatic heterocycles. The molecule has 1 N–H and O–H groups in total. The van der Waals surface area contributed by atoms with Gasteiger partial charge in [-0.3, -0.25) is 4.79 Å². The molecule has 0 radical (unpaired) electrons. The van der Waals surface area contributed by atoms with Crippen LogP contribution in [0.2, 0.25) is 0 Å². The van der Waals surface area contributed by atoms with E-state index in [1.165, 1.54) is 10.4 Å². The number of anilines is 1. The average molecular weight is 338 g/mol. The lowest BCUT2D eigenvalue weighted by atomic mass is 9.62. The Labute approximate surface area is 146 Å². The van der Waals surface area contributed by atoms with Crippen LogP contribution in [0.25, 0.3) is 0 Å². The first-order valence-electron chi connectivity index (χ1n) is 8.65. The zero-order valence-electron chi connectivity index (χ0n) is 14.3. The molecule has 4 heteroatoms. The maximum Gasteiger partial charge on any atom is 0.164 e. The molecule has 1 aliphatic carbocycles. The molecule has 24 heavy (non-hydrogen) atoms. The Balaban J connectivity index is 2.07. The summed E-state index contributed by atoms with van der Waals surface area (Å²) in [6, 6.07) is 10.5. The minimum atomic E-state index is -0.377. The lowest BCUT2D eigenvalue weighted by Gasteiger charge is -2.44. The van der Waals surface area contributed by atoms with Crippen molar-refractivity contribution in [1.29, 1.82) is 0 Å². The van der Waals surface area contributed by atoms with Crippen molar-refractivity contribution in [3.63, 3.8) is 0 Å². The second kappa shape index (κ2) is 5.55. The minimum absolute atomic E-state index is 0.0738. The largest absolute Gasteiger partial charge is 0.342 e. The number of allylic oxidation sites excluding steroid dienone is 2. The number of carbonyl (C=O) groups is 1. The lowest BCUT2D eigenvalue weighted by Crippen LogP contribution is -2.44. The van der Waals surface area contributed by atoms with Crippen LogP contribution in [0.5, 0.6) is 0 Å². The molecule has 124 valence electrons. The Hall–Kier alpha value is -1.94. The van der Waals surface area contributed by atoms with Crippen molar-refractivity contribution in [2.24, 2.45) is 11.8 Å². The molecule has 3 nitrogen and oxygen atoms in total. The van der Waals surface area contributed by atoms with E-state index in [0.717, 1.165) is 29.9 Å². The van der Waals surface area contributed by atoms with Crippen molar-refractivity contribution in [2.75, 3.05) is 5.32 Å². The van der Waals surface area contributed by atoms with Crippen LogP contribution < -0.4 is 5.32 Å². The van der Waals surface area contributed by atoms with Crippen molar-refractivity contribution in [2.45, 2.75) is 39.0 Å². The van der Waals surface area contributed by atoms with Gasteiger partial charge in [0.05, 0.1) is 15.8 Å². The summed E-state index contributed by atoms with van der Waals surface area (Å²) in [6.07, 6.45) is 1.76. The highest BCUT2D eigenvalue weighted by Gasteiger charge is 2.50. The first-order chi connectivity index (χ1) is 11.6. The Morgan fingerprint density at radius 2 is 2.00 bits per heavy atom. The highest BCUT2D eigenvalue weighted by Crippen LogP contribution is 2.54. The van der Waals surface area contributed by atoms with Gasteiger partial charge < -0.3 is 5.32 Å². The van der Waals surface area contributed by atoms with Crippen LogP contribution in [-0.2, 0) is 10.2 Å². The second-order valence-corrected chi connectivity index (χ2v) is 7.83. The SMILES string of the molecule is CC[C@]1(c2ccccc2)C2=C(Nc3ncsc31)[C@H](C)C[C@@H](C)C2=O. The van der Waals surface area contributed by atoms with E-state index in [0.29, 0.717) is 11.7 Å². The number of rotatable bonds is 2. The van der Waals surface area contributed by atoms with Gasteiger partial charge in [-0.05, 0) is 24.3 Å². The third-order valence-electron chi connectivity index (χ3n) is 5.60. The molecular weight excluding hydrogens is 316 g/mol. The fourth-order valence-corrected chi connectivity index (χ4v) is 5.47. The normalized spacial score (nSPS) is 29.0. The average Bonchev–Trinajstić information content (AvgIpc) is 3.07.